The molecule has 0 radical (unpaired) electrons. The molecule has 2 aliphatic rings. The lowest BCUT2D eigenvalue weighted by molar-refractivity contribution is 0.308. The summed E-state index contributed by atoms with van der Waals surface area (Å²) in [6.07, 6.45) is 8.12. The number of allylic oxidation sites excluding steroid dienone is 2. The molecular weight excluding hydrogens is 306 g/mol. The van der Waals surface area contributed by atoms with Crippen molar-refractivity contribution in [3.8, 4) is 5.75 Å². The molecule has 2 nitrogen and oxygen atoms in total. The van der Waals surface area contributed by atoms with Crippen LogP contribution in [0.15, 0.2) is 54.6 Å². The number of unbranched alkanes of at least 4 members (excludes halogenated alkanes) is 1. The van der Waals surface area contributed by atoms with Gasteiger partial charge >= 0.3 is 0 Å². The molecule has 25 heavy (non-hydrogen) atoms. The number of rotatable bonds is 5. The summed E-state index contributed by atoms with van der Waals surface area (Å²) in [7, 11) is 0. The Morgan fingerprint density at radius 1 is 1.12 bits per heavy atom. The Morgan fingerprint density at radius 2 is 1.96 bits per heavy atom. The smallest absolute Gasteiger partial charge is 0.142 e. The van der Waals surface area contributed by atoms with E-state index in [0.717, 1.165) is 31.6 Å². The van der Waals surface area contributed by atoms with Gasteiger partial charge in [-0.3, -0.25) is 0 Å². The average Bonchev–Trinajstić information content (AvgIpc) is 3.12. The molecule has 0 saturated heterocycles. The normalized spacial score (nSPS) is 23.7. The predicted octanol–water partition coefficient (Wildman–Crippen LogP) is 6.00. The molecule has 2 aromatic carbocycles. The third-order valence-corrected chi connectivity index (χ3v) is 5.55. The number of hydrogen-bond donors (Lipinski definition) is 1. The van der Waals surface area contributed by atoms with Crippen LogP contribution in [-0.4, -0.2) is 6.61 Å². The van der Waals surface area contributed by atoms with Crippen LogP contribution in [0, 0.1) is 12.8 Å². The Bertz CT molecular complexity index is 762. The Balaban J connectivity index is 1.70. The van der Waals surface area contributed by atoms with Crippen LogP contribution in [0.25, 0.3) is 0 Å². The van der Waals surface area contributed by atoms with E-state index in [9.17, 15) is 0 Å². The molecule has 1 N–H and O–H groups in total. The van der Waals surface area contributed by atoms with Gasteiger partial charge in [0.05, 0.1) is 18.3 Å². The summed E-state index contributed by atoms with van der Waals surface area (Å²) < 4.78 is 6.11. The number of para-hydroxylation sites is 1. The van der Waals surface area contributed by atoms with Crippen LogP contribution in [0.1, 0.15) is 54.8 Å². The van der Waals surface area contributed by atoms with Crippen LogP contribution in [0.5, 0.6) is 5.75 Å². The van der Waals surface area contributed by atoms with Gasteiger partial charge in [0.15, 0.2) is 0 Å². The molecular formula is C23H27NO. The van der Waals surface area contributed by atoms with Gasteiger partial charge in [-0.1, -0.05) is 67.5 Å². The molecule has 0 aromatic heterocycles. The maximum Gasteiger partial charge on any atom is 0.142 e. The highest BCUT2D eigenvalue weighted by Crippen LogP contribution is 2.52. The lowest BCUT2D eigenvalue weighted by Crippen LogP contribution is -2.29. The van der Waals surface area contributed by atoms with E-state index >= 15 is 0 Å². The number of nitrogens with one attached hydrogen (secondary N) is 1. The average molecular weight is 333 g/mol. The number of ether oxygens (including phenoxy) is 1. The van der Waals surface area contributed by atoms with E-state index in [4.69, 9.17) is 4.74 Å². The second-order valence-electron chi connectivity index (χ2n) is 7.31. The molecule has 2 aromatic rings. The Kier molecular flexibility index (Phi) is 4.52. The predicted molar refractivity (Wildman–Crippen MR) is 104 cm³/mol. The summed E-state index contributed by atoms with van der Waals surface area (Å²) in [5, 5.41) is 3.83. The fraction of sp³-hybridized carbons (Fsp3) is 0.391. The van der Waals surface area contributed by atoms with E-state index in [2.05, 4.69) is 73.8 Å². The third kappa shape index (κ3) is 3.06. The van der Waals surface area contributed by atoms with E-state index in [-0.39, 0.29) is 0 Å². The molecule has 4 rings (SSSR count). The summed E-state index contributed by atoms with van der Waals surface area (Å²) in [6, 6.07) is 15.8. The van der Waals surface area contributed by atoms with E-state index in [1.807, 2.05) is 0 Å². The van der Waals surface area contributed by atoms with Gasteiger partial charge in [0.2, 0.25) is 0 Å². The van der Waals surface area contributed by atoms with Crippen molar-refractivity contribution < 1.29 is 4.74 Å². The molecule has 1 aliphatic carbocycles. The molecule has 1 heterocycles. The molecule has 0 saturated carbocycles. The Hall–Kier alpha value is -2.22. The van der Waals surface area contributed by atoms with Gasteiger partial charge in [0.25, 0.3) is 0 Å². The van der Waals surface area contributed by atoms with Gasteiger partial charge in [-0.2, -0.15) is 0 Å². The highest BCUT2D eigenvalue weighted by Gasteiger charge is 2.38. The van der Waals surface area contributed by atoms with E-state index in [1.54, 1.807) is 0 Å². The van der Waals surface area contributed by atoms with E-state index < -0.39 is 0 Å². The van der Waals surface area contributed by atoms with Crippen LogP contribution < -0.4 is 10.1 Å². The fourth-order valence-corrected chi connectivity index (χ4v) is 4.14. The second-order valence-corrected chi connectivity index (χ2v) is 7.31. The topological polar surface area (TPSA) is 21.3 Å². The first-order valence-electron chi connectivity index (χ1n) is 9.53. The van der Waals surface area contributed by atoms with Gasteiger partial charge in [-0.25, -0.2) is 0 Å². The summed E-state index contributed by atoms with van der Waals surface area (Å²) in [6.45, 7) is 5.13. The van der Waals surface area contributed by atoms with E-state index in [1.165, 1.54) is 22.4 Å². The minimum absolute atomic E-state index is 0.337. The van der Waals surface area contributed by atoms with Gasteiger partial charge in [0, 0.05) is 5.92 Å². The molecule has 0 spiro atoms. The van der Waals surface area contributed by atoms with Crippen molar-refractivity contribution in [3.63, 3.8) is 0 Å². The van der Waals surface area contributed by atoms with Crippen LogP contribution in [0.3, 0.4) is 0 Å². The first-order valence-corrected chi connectivity index (χ1v) is 9.53. The lowest BCUT2D eigenvalue weighted by Gasteiger charge is -2.38. The minimum Gasteiger partial charge on any atom is -0.491 e. The molecule has 1 aliphatic heterocycles. The number of benzene rings is 2. The van der Waals surface area contributed by atoms with Crippen molar-refractivity contribution in [3.05, 3.63) is 71.3 Å². The maximum atomic E-state index is 6.11. The molecule has 3 unspecified atom stereocenters. The zero-order chi connectivity index (χ0) is 17.2. The SMILES string of the molecule is CCCCOc1cccc2c1NC(c1ccc(C)cc1)C1CC=CC21. The van der Waals surface area contributed by atoms with Crippen LogP contribution in [0.2, 0.25) is 0 Å². The highest BCUT2D eigenvalue weighted by atomic mass is 16.5. The minimum atomic E-state index is 0.337. The first kappa shape index (κ1) is 16.3. The molecule has 0 amide bonds. The molecule has 2 heteroatoms. The molecule has 0 fully saturated rings. The largest absolute Gasteiger partial charge is 0.491 e. The fourth-order valence-electron chi connectivity index (χ4n) is 4.14. The standard InChI is InChI=1S/C23H27NO/c1-3-4-15-25-21-10-6-9-20-18-7-5-8-19(18)22(24-23(20)21)17-13-11-16(2)12-14-17/h5-7,9-14,18-19,22,24H,3-4,8,15H2,1-2H3. The molecule has 130 valence electrons. The third-order valence-electron chi connectivity index (χ3n) is 5.55. The Morgan fingerprint density at radius 3 is 2.76 bits per heavy atom. The zero-order valence-electron chi connectivity index (χ0n) is 15.2. The van der Waals surface area contributed by atoms with Crippen molar-refractivity contribution in [2.24, 2.45) is 5.92 Å². The van der Waals surface area contributed by atoms with Gasteiger partial charge in [-0.15, -0.1) is 0 Å². The number of aryl methyl sites for hydroxylation is 1. The van der Waals surface area contributed by atoms with E-state index in [0.29, 0.717) is 17.9 Å². The van der Waals surface area contributed by atoms with Crippen molar-refractivity contribution >= 4 is 5.69 Å². The van der Waals surface area contributed by atoms with Gasteiger partial charge in [0.1, 0.15) is 5.75 Å². The monoisotopic (exact) mass is 333 g/mol. The highest BCUT2D eigenvalue weighted by molar-refractivity contribution is 5.67. The van der Waals surface area contributed by atoms with Gasteiger partial charge in [-0.05, 0) is 42.9 Å². The summed E-state index contributed by atoms with van der Waals surface area (Å²) in [5.74, 6) is 2.07. The van der Waals surface area contributed by atoms with Crippen molar-refractivity contribution in [2.75, 3.05) is 11.9 Å². The summed E-state index contributed by atoms with van der Waals surface area (Å²) in [5.41, 5.74) is 5.26. The lowest BCUT2D eigenvalue weighted by atomic mass is 9.77. The Labute approximate surface area is 150 Å². The number of hydrogen-bond acceptors (Lipinski definition) is 2. The van der Waals surface area contributed by atoms with Crippen LogP contribution in [0.4, 0.5) is 5.69 Å². The zero-order valence-corrected chi connectivity index (χ0v) is 15.2. The summed E-state index contributed by atoms with van der Waals surface area (Å²) in [4.78, 5) is 0. The maximum absolute atomic E-state index is 6.11. The van der Waals surface area contributed by atoms with Gasteiger partial charge < -0.3 is 10.1 Å². The van der Waals surface area contributed by atoms with Crippen molar-refractivity contribution in [1.82, 2.24) is 0 Å². The second kappa shape index (κ2) is 6.95. The number of anilines is 1. The summed E-state index contributed by atoms with van der Waals surface area (Å²) >= 11 is 0. The van der Waals surface area contributed by atoms with Crippen molar-refractivity contribution in [1.29, 1.82) is 0 Å². The quantitative estimate of drug-likeness (QED) is 0.535. The van der Waals surface area contributed by atoms with Crippen molar-refractivity contribution in [2.45, 2.75) is 45.1 Å². The molecule has 0 bridgehead atoms. The van der Waals surface area contributed by atoms with Crippen LogP contribution >= 0.6 is 0 Å². The molecule has 3 atom stereocenters. The van der Waals surface area contributed by atoms with Crippen LogP contribution in [-0.2, 0) is 0 Å². The number of fused-ring (bicyclic) bond motifs is 3. The first-order chi connectivity index (χ1) is 12.3.